The summed E-state index contributed by atoms with van der Waals surface area (Å²) >= 11 is 1.36. The second-order valence-electron chi connectivity index (χ2n) is 3.17. The zero-order valence-electron chi connectivity index (χ0n) is 8.60. The molecular weight excluding hydrogens is 224 g/mol. The van der Waals surface area contributed by atoms with Gasteiger partial charge in [0.25, 0.3) is 5.91 Å². The normalized spacial score (nSPS) is 10.1. The predicted octanol–water partition coefficient (Wildman–Crippen LogP) is 1.68. The molecule has 0 atom stereocenters. The summed E-state index contributed by atoms with van der Waals surface area (Å²) < 4.78 is 0. The molecule has 2 heterocycles. The molecule has 0 radical (unpaired) electrons. The summed E-state index contributed by atoms with van der Waals surface area (Å²) in [5.74, 6) is 0.211. The monoisotopic (exact) mass is 234 g/mol. The van der Waals surface area contributed by atoms with Crippen molar-refractivity contribution in [2.24, 2.45) is 0 Å². The minimum atomic E-state index is -0.217. The van der Waals surface area contributed by atoms with Crippen molar-refractivity contribution in [2.45, 2.75) is 6.92 Å². The van der Waals surface area contributed by atoms with E-state index in [0.717, 1.165) is 4.88 Å². The lowest BCUT2D eigenvalue weighted by Crippen LogP contribution is -2.11. The number of thiophene rings is 1. The minimum Gasteiger partial charge on any atom is -0.398 e. The number of rotatable bonds is 2. The van der Waals surface area contributed by atoms with Gasteiger partial charge in [0.2, 0.25) is 0 Å². The van der Waals surface area contributed by atoms with Gasteiger partial charge in [0, 0.05) is 23.0 Å². The first-order valence-electron chi connectivity index (χ1n) is 4.60. The Morgan fingerprint density at radius 2 is 2.31 bits per heavy atom. The van der Waals surface area contributed by atoms with Crippen molar-refractivity contribution in [3.63, 3.8) is 0 Å². The fourth-order valence-corrected chi connectivity index (χ4v) is 1.99. The quantitative estimate of drug-likeness (QED) is 0.828. The van der Waals surface area contributed by atoms with Gasteiger partial charge in [0.05, 0.1) is 11.1 Å². The molecule has 0 bridgehead atoms. The largest absolute Gasteiger partial charge is 0.398 e. The third kappa shape index (κ3) is 2.17. The number of nitrogens with zero attached hydrogens (tertiary/aromatic N) is 2. The van der Waals surface area contributed by atoms with Crippen molar-refractivity contribution >= 4 is 28.7 Å². The summed E-state index contributed by atoms with van der Waals surface area (Å²) in [4.78, 5) is 21.1. The number of nitrogen functional groups attached to an aromatic ring is 1. The van der Waals surface area contributed by atoms with Crippen LogP contribution >= 0.6 is 11.3 Å². The van der Waals surface area contributed by atoms with Gasteiger partial charge in [-0.3, -0.25) is 9.78 Å². The van der Waals surface area contributed by atoms with E-state index in [2.05, 4.69) is 15.3 Å². The Bertz CT molecular complexity index is 489. The topological polar surface area (TPSA) is 80.9 Å². The average molecular weight is 234 g/mol. The molecule has 0 aromatic carbocycles. The van der Waals surface area contributed by atoms with Gasteiger partial charge in [0.1, 0.15) is 0 Å². The smallest absolute Gasteiger partial charge is 0.267 e. The zero-order chi connectivity index (χ0) is 11.5. The Hall–Kier alpha value is -1.95. The average Bonchev–Trinajstić information content (AvgIpc) is 2.61. The maximum Gasteiger partial charge on any atom is 0.267 e. The number of nitrogens with two attached hydrogens (primary N) is 1. The van der Waals surface area contributed by atoms with E-state index in [9.17, 15) is 4.79 Å². The van der Waals surface area contributed by atoms with Crippen LogP contribution in [0.3, 0.4) is 0 Å². The van der Waals surface area contributed by atoms with Crippen LogP contribution in [0.2, 0.25) is 0 Å². The van der Waals surface area contributed by atoms with Crippen LogP contribution in [0.1, 0.15) is 14.5 Å². The molecule has 0 aliphatic carbocycles. The Morgan fingerprint density at radius 1 is 1.50 bits per heavy atom. The minimum absolute atomic E-state index is 0.217. The van der Waals surface area contributed by atoms with Gasteiger partial charge in [-0.05, 0) is 13.0 Å². The summed E-state index contributed by atoms with van der Waals surface area (Å²) in [6, 6.07) is 1.66. The molecule has 2 aromatic rings. The highest BCUT2D eigenvalue weighted by molar-refractivity contribution is 7.14. The highest BCUT2D eigenvalue weighted by Gasteiger charge is 2.11. The van der Waals surface area contributed by atoms with Crippen molar-refractivity contribution in [1.82, 2.24) is 9.97 Å². The molecule has 0 saturated carbocycles. The molecule has 1 amide bonds. The van der Waals surface area contributed by atoms with E-state index in [-0.39, 0.29) is 5.91 Å². The van der Waals surface area contributed by atoms with Crippen molar-refractivity contribution in [3.8, 4) is 0 Å². The molecule has 0 saturated heterocycles. The molecule has 0 spiro atoms. The van der Waals surface area contributed by atoms with Gasteiger partial charge in [-0.1, -0.05) is 0 Å². The van der Waals surface area contributed by atoms with E-state index >= 15 is 0 Å². The van der Waals surface area contributed by atoms with Crippen molar-refractivity contribution in [1.29, 1.82) is 0 Å². The molecule has 0 aliphatic heterocycles. The Kier molecular flexibility index (Phi) is 2.82. The van der Waals surface area contributed by atoms with E-state index in [1.54, 1.807) is 12.3 Å². The molecule has 0 aliphatic rings. The highest BCUT2D eigenvalue weighted by Crippen LogP contribution is 2.23. The number of amides is 1. The van der Waals surface area contributed by atoms with Gasteiger partial charge in [-0.2, -0.15) is 0 Å². The zero-order valence-corrected chi connectivity index (χ0v) is 9.41. The van der Waals surface area contributed by atoms with Gasteiger partial charge >= 0.3 is 0 Å². The summed E-state index contributed by atoms with van der Waals surface area (Å²) in [5, 5.41) is 2.64. The van der Waals surface area contributed by atoms with Gasteiger partial charge < -0.3 is 11.1 Å². The number of anilines is 2. The highest BCUT2D eigenvalue weighted by atomic mass is 32.1. The van der Waals surface area contributed by atoms with Crippen molar-refractivity contribution < 1.29 is 4.79 Å². The molecule has 16 heavy (non-hydrogen) atoms. The Balaban J connectivity index is 2.15. The Labute approximate surface area is 96.3 Å². The van der Waals surface area contributed by atoms with Crippen LogP contribution in [0.4, 0.5) is 11.5 Å². The van der Waals surface area contributed by atoms with Crippen LogP contribution in [0, 0.1) is 6.92 Å². The van der Waals surface area contributed by atoms with Gasteiger partial charge in [-0.25, -0.2) is 4.98 Å². The number of carbonyl (C=O) groups is 1. The number of carbonyl (C=O) groups excluding carboxylic acids is 1. The van der Waals surface area contributed by atoms with E-state index < -0.39 is 0 Å². The first-order chi connectivity index (χ1) is 7.66. The summed E-state index contributed by atoms with van der Waals surface area (Å²) in [6.07, 6.45) is 4.55. The molecule has 0 fully saturated rings. The number of nitrogens with one attached hydrogen (secondary N) is 1. The second kappa shape index (κ2) is 4.28. The predicted molar refractivity (Wildman–Crippen MR) is 63.5 cm³/mol. The van der Waals surface area contributed by atoms with Gasteiger partial charge in [0.15, 0.2) is 5.82 Å². The lowest BCUT2D eigenvalue weighted by molar-refractivity contribution is 0.103. The number of hydrogen-bond acceptors (Lipinski definition) is 5. The van der Waals surface area contributed by atoms with Crippen LogP contribution in [-0.2, 0) is 0 Å². The lowest BCUT2D eigenvalue weighted by Gasteiger charge is -2.00. The third-order valence-corrected chi connectivity index (χ3v) is 3.05. The van der Waals surface area contributed by atoms with Crippen LogP contribution in [0.25, 0.3) is 0 Å². The molecule has 2 rings (SSSR count). The van der Waals surface area contributed by atoms with Gasteiger partial charge in [-0.15, -0.1) is 11.3 Å². The molecule has 3 N–H and O–H groups in total. The molecule has 5 nitrogen and oxygen atoms in total. The lowest BCUT2D eigenvalue weighted by atomic mass is 10.3. The molecular formula is C10H10N4OS. The van der Waals surface area contributed by atoms with Crippen molar-refractivity contribution in [3.05, 3.63) is 34.4 Å². The van der Waals surface area contributed by atoms with Crippen LogP contribution in [-0.4, -0.2) is 15.9 Å². The number of hydrogen-bond donors (Lipinski definition) is 2. The fraction of sp³-hybridized carbons (Fsp3) is 0.100. The first kappa shape index (κ1) is 10.6. The summed E-state index contributed by atoms with van der Waals surface area (Å²) in [5.41, 5.74) is 6.31. The van der Waals surface area contributed by atoms with Crippen LogP contribution in [0.5, 0.6) is 0 Å². The standard InChI is InChI=1S/C10H10N4OS/c1-6-7(11)4-8(16-6)10(15)14-9-5-12-2-3-13-9/h2-5H,11H2,1H3,(H,13,14,15). The summed E-state index contributed by atoms with van der Waals surface area (Å²) in [7, 11) is 0. The maximum absolute atomic E-state index is 11.8. The van der Waals surface area contributed by atoms with Crippen molar-refractivity contribution in [2.75, 3.05) is 11.1 Å². The molecule has 82 valence electrons. The van der Waals surface area contributed by atoms with E-state index in [0.29, 0.717) is 16.4 Å². The van der Waals surface area contributed by atoms with E-state index in [1.807, 2.05) is 6.92 Å². The Morgan fingerprint density at radius 3 is 2.88 bits per heavy atom. The molecule has 2 aromatic heterocycles. The van der Waals surface area contributed by atoms with Crippen LogP contribution in [0.15, 0.2) is 24.7 Å². The summed E-state index contributed by atoms with van der Waals surface area (Å²) in [6.45, 7) is 1.87. The number of aromatic nitrogens is 2. The molecule has 0 unspecified atom stereocenters. The second-order valence-corrected chi connectivity index (χ2v) is 4.42. The first-order valence-corrected chi connectivity index (χ1v) is 5.42. The van der Waals surface area contributed by atoms with Crippen LogP contribution < -0.4 is 11.1 Å². The van der Waals surface area contributed by atoms with E-state index in [1.165, 1.54) is 23.7 Å². The SMILES string of the molecule is Cc1sc(C(=O)Nc2cnccn2)cc1N. The fourth-order valence-electron chi connectivity index (χ4n) is 1.15. The maximum atomic E-state index is 11.8. The van der Waals surface area contributed by atoms with E-state index in [4.69, 9.17) is 5.73 Å². The molecule has 6 heteroatoms. The third-order valence-electron chi connectivity index (χ3n) is 1.98. The number of aryl methyl sites for hydroxylation is 1.